The van der Waals surface area contributed by atoms with Crippen molar-refractivity contribution in [2.75, 3.05) is 0 Å². The first kappa shape index (κ1) is 51.0. The fraction of sp³-hybridized carbons (Fsp3) is 0.0143. The summed E-state index contributed by atoms with van der Waals surface area (Å²) in [4.78, 5) is 25.9. The molecule has 13 rings (SSSR count). The van der Waals surface area contributed by atoms with E-state index >= 15 is 13.2 Å². The lowest BCUT2D eigenvalue weighted by atomic mass is 9.93. The highest BCUT2D eigenvalue weighted by Crippen LogP contribution is 2.49. The van der Waals surface area contributed by atoms with E-state index in [0.29, 0.717) is 94.5 Å². The van der Waals surface area contributed by atoms with Crippen molar-refractivity contribution in [3.8, 4) is 97.1 Å². The molecular formula is C70H34F3N11. The highest BCUT2D eigenvalue weighted by atomic mass is 19.4. The standard InChI is InChI=1S/C70H34F3N11/c1-77-49-33-48(40-76)65(57(37-49)79-3)45-26-29-61-53(35-45)51-20-11-13-23-59(51)84(61)63-24-14-21-55(70(71,72)73)66(63)54-36-46(69-81-67(42-15-6-4-7-16-42)80-68(82-69)43-17-8-5-9-18-43)27-30-62(54)83-58-22-12-10-19-50(58)52-34-44(25-28-60(52)83)64-47(39-75)31-41(38-74)32-56(64)78-2/h4-37H. The smallest absolute Gasteiger partial charge is 0.309 e. The molecule has 0 radical (unpaired) electrons. The van der Waals surface area contributed by atoms with E-state index < -0.39 is 11.7 Å². The van der Waals surface area contributed by atoms with Gasteiger partial charge in [-0.3, -0.25) is 0 Å². The van der Waals surface area contributed by atoms with Gasteiger partial charge in [-0.15, -0.1) is 0 Å². The molecule has 13 aromatic rings. The van der Waals surface area contributed by atoms with Crippen molar-refractivity contribution in [1.29, 1.82) is 15.8 Å². The van der Waals surface area contributed by atoms with E-state index in [2.05, 4.69) is 26.7 Å². The number of aromatic nitrogens is 5. The number of benzene rings is 10. The van der Waals surface area contributed by atoms with Gasteiger partial charge in [0.1, 0.15) is 0 Å². The highest BCUT2D eigenvalue weighted by molar-refractivity contribution is 6.13. The first-order chi connectivity index (χ1) is 41.0. The molecule has 84 heavy (non-hydrogen) atoms. The predicted octanol–water partition coefficient (Wildman–Crippen LogP) is 18.4. The molecule has 0 fully saturated rings. The van der Waals surface area contributed by atoms with Gasteiger partial charge >= 0.3 is 6.18 Å². The molecule has 0 amide bonds. The molecule has 0 spiro atoms. The molecule has 0 aliphatic carbocycles. The average molecular weight is 1090 g/mol. The molecule has 0 N–H and O–H groups in total. The zero-order valence-electron chi connectivity index (χ0n) is 43.7. The maximum absolute atomic E-state index is 16.5. The van der Waals surface area contributed by atoms with E-state index in [-0.39, 0.29) is 56.4 Å². The second-order valence-electron chi connectivity index (χ2n) is 19.6. The van der Waals surface area contributed by atoms with Crippen LogP contribution < -0.4 is 0 Å². The number of para-hydroxylation sites is 2. The topological polar surface area (TPSA) is 133 Å². The van der Waals surface area contributed by atoms with Crippen LogP contribution in [0.15, 0.2) is 206 Å². The lowest BCUT2D eigenvalue weighted by Gasteiger charge is -2.23. The van der Waals surface area contributed by atoms with E-state index in [0.717, 1.165) is 11.5 Å². The van der Waals surface area contributed by atoms with Crippen LogP contribution in [0.3, 0.4) is 0 Å². The number of nitrogens with zero attached hydrogens (tertiary/aromatic N) is 11. The molecular weight excluding hydrogens is 1050 g/mol. The normalized spacial score (nSPS) is 11.2. The number of fused-ring (bicyclic) bond motifs is 6. The monoisotopic (exact) mass is 1090 g/mol. The summed E-state index contributed by atoms with van der Waals surface area (Å²) >= 11 is 0. The Labute approximate surface area is 477 Å². The molecule has 0 aliphatic rings. The molecule has 14 heteroatoms. The number of hydrogen-bond acceptors (Lipinski definition) is 6. The van der Waals surface area contributed by atoms with Crippen molar-refractivity contribution in [2.24, 2.45) is 0 Å². The Balaban J connectivity index is 1.13. The molecule has 3 aromatic heterocycles. The lowest BCUT2D eigenvalue weighted by Crippen LogP contribution is -2.11. The Morgan fingerprint density at radius 3 is 1.40 bits per heavy atom. The number of rotatable bonds is 8. The summed E-state index contributed by atoms with van der Waals surface area (Å²) in [5.74, 6) is 0.893. The Morgan fingerprint density at radius 2 is 0.881 bits per heavy atom. The zero-order valence-corrected chi connectivity index (χ0v) is 43.7. The van der Waals surface area contributed by atoms with Gasteiger partial charge < -0.3 is 9.13 Å². The van der Waals surface area contributed by atoms with Crippen LogP contribution in [0.1, 0.15) is 22.3 Å². The first-order valence-corrected chi connectivity index (χ1v) is 26.0. The van der Waals surface area contributed by atoms with Gasteiger partial charge in [0.15, 0.2) is 34.5 Å². The average Bonchev–Trinajstić information content (AvgIpc) is 2.22. The van der Waals surface area contributed by atoms with E-state index in [1.807, 2.05) is 138 Å². The molecule has 3 heterocycles. The molecule has 390 valence electrons. The summed E-state index contributed by atoms with van der Waals surface area (Å²) in [5, 5.41) is 33.2. The van der Waals surface area contributed by atoms with Gasteiger partial charge in [-0.2, -0.15) is 29.0 Å². The number of alkyl halides is 3. The van der Waals surface area contributed by atoms with Crippen molar-refractivity contribution in [3.63, 3.8) is 0 Å². The van der Waals surface area contributed by atoms with Crippen molar-refractivity contribution in [1.82, 2.24) is 24.1 Å². The van der Waals surface area contributed by atoms with Gasteiger partial charge in [-0.25, -0.2) is 29.5 Å². The molecule has 10 aromatic carbocycles. The third kappa shape index (κ3) is 8.46. The Morgan fingerprint density at radius 1 is 0.393 bits per heavy atom. The summed E-state index contributed by atoms with van der Waals surface area (Å²) in [5.41, 5.74) is 6.17. The van der Waals surface area contributed by atoms with Gasteiger partial charge in [0, 0.05) is 71.6 Å². The maximum Gasteiger partial charge on any atom is 0.417 e. The summed E-state index contributed by atoms with van der Waals surface area (Å²) in [6, 6.07) is 65.9. The Hall–Kier alpha value is -12.5. The fourth-order valence-electron chi connectivity index (χ4n) is 11.4. The molecule has 0 bridgehead atoms. The molecule has 0 saturated carbocycles. The summed E-state index contributed by atoms with van der Waals surface area (Å²) in [6.45, 7) is 23.7. The Kier molecular flexibility index (Phi) is 12.3. The van der Waals surface area contributed by atoms with Crippen molar-refractivity contribution in [3.05, 3.63) is 263 Å². The van der Waals surface area contributed by atoms with E-state index in [1.54, 1.807) is 47.0 Å². The van der Waals surface area contributed by atoms with Gasteiger partial charge in [0.25, 0.3) is 0 Å². The summed E-state index contributed by atoms with van der Waals surface area (Å²) in [6.07, 6.45) is -4.93. The molecule has 0 aliphatic heterocycles. The van der Waals surface area contributed by atoms with Gasteiger partial charge in [-0.1, -0.05) is 121 Å². The summed E-state index contributed by atoms with van der Waals surface area (Å²) < 4.78 is 53.2. The van der Waals surface area contributed by atoms with E-state index in [1.165, 1.54) is 30.3 Å². The molecule has 11 nitrogen and oxygen atoms in total. The van der Waals surface area contributed by atoms with Crippen molar-refractivity contribution >= 4 is 60.7 Å². The SMILES string of the molecule is [C-]#[N+]c1cc(C#N)c(-c2ccc3c(c2)c2ccccc2n3-c2cccc(C(F)(F)F)c2-c2cc(-c3nc(-c4ccccc4)nc(-c4ccccc4)n3)ccc2-n2c3ccccc3c3cc(-c4c(C#N)cc(C#N)cc4[N+]#[C-])ccc32)c([N+]#[C-])c1. The van der Waals surface area contributed by atoms with Gasteiger partial charge in [-0.05, 0) is 96.1 Å². The Bertz CT molecular complexity index is 5080. The predicted molar refractivity (Wildman–Crippen MR) is 319 cm³/mol. The minimum atomic E-state index is -4.93. The first-order valence-electron chi connectivity index (χ1n) is 26.0. The largest absolute Gasteiger partial charge is 0.417 e. The lowest BCUT2D eigenvalue weighted by molar-refractivity contribution is -0.137. The van der Waals surface area contributed by atoms with Gasteiger partial charge in [0.05, 0.1) is 82.5 Å². The quantitative estimate of drug-likeness (QED) is 0.139. The van der Waals surface area contributed by atoms with E-state index in [4.69, 9.17) is 34.7 Å². The van der Waals surface area contributed by atoms with Crippen LogP contribution in [0.2, 0.25) is 0 Å². The van der Waals surface area contributed by atoms with Gasteiger partial charge in [0.2, 0.25) is 0 Å². The second-order valence-corrected chi connectivity index (χ2v) is 19.6. The fourth-order valence-corrected chi connectivity index (χ4v) is 11.4. The minimum absolute atomic E-state index is 0.108. The third-order valence-electron chi connectivity index (χ3n) is 14.9. The highest BCUT2D eigenvalue weighted by Gasteiger charge is 2.37. The van der Waals surface area contributed by atoms with Crippen molar-refractivity contribution < 1.29 is 13.2 Å². The van der Waals surface area contributed by atoms with Crippen LogP contribution >= 0.6 is 0 Å². The molecule has 0 atom stereocenters. The second kappa shape index (κ2) is 20.3. The van der Waals surface area contributed by atoms with Crippen LogP contribution in [-0.4, -0.2) is 24.1 Å². The maximum atomic E-state index is 16.5. The van der Waals surface area contributed by atoms with E-state index in [9.17, 15) is 15.8 Å². The third-order valence-corrected chi connectivity index (χ3v) is 14.9. The summed E-state index contributed by atoms with van der Waals surface area (Å²) in [7, 11) is 0. The number of nitriles is 3. The van der Waals surface area contributed by atoms with Crippen LogP contribution in [-0.2, 0) is 6.18 Å². The van der Waals surface area contributed by atoms with Crippen LogP contribution in [0, 0.1) is 53.7 Å². The van der Waals surface area contributed by atoms with Crippen LogP contribution in [0.25, 0.3) is 137 Å². The number of halogens is 3. The van der Waals surface area contributed by atoms with Crippen LogP contribution in [0.5, 0.6) is 0 Å². The zero-order chi connectivity index (χ0) is 57.8. The molecule has 0 saturated heterocycles. The number of hydrogen-bond donors (Lipinski definition) is 0. The minimum Gasteiger partial charge on any atom is -0.309 e. The van der Waals surface area contributed by atoms with Crippen LogP contribution in [0.4, 0.5) is 30.2 Å². The molecule has 0 unspecified atom stereocenters. The van der Waals surface area contributed by atoms with Crippen molar-refractivity contribution in [2.45, 2.75) is 6.18 Å².